The van der Waals surface area contributed by atoms with Crippen molar-refractivity contribution in [3.63, 3.8) is 0 Å². The highest BCUT2D eigenvalue weighted by Gasteiger charge is 2.73. The van der Waals surface area contributed by atoms with Crippen molar-refractivity contribution in [2.75, 3.05) is 0 Å². The molecule has 0 heterocycles. The van der Waals surface area contributed by atoms with E-state index in [0.717, 1.165) is 12.8 Å². The van der Waals surface area contributed by atoms with Gasteiger partial charge in [0.15, 0.2) is 0 Å². The fourth-order valence-corrected chi connectivity index (χ4v) is 5.74. The molecule has 7 atom stereocenters. The second-order valence-corrected chi connectivity index (χ2v) is 7.60. The van der Waals surface area contributed by atoms with E-state index in [-0.39, 0.29) is 23.0 Å². The zero-order chi connectivity index (χ0) is 12.6. The molecule has 0 radical (unpaired) electrons. The number of hydrogen-bond donors (Lipinski definition) is 2. The van der Waals surface area contributed by atoms with Crippen molar-refractivity contribution in [1.29, 1.82) is 0 Å². The zero-order valence-electron chi connectivity index (χ0n) is 11.5. The van der Waals surface area contributed by atoms with Crippen LogP contribution in [0.15, 0.2) is 0 Å². The summed E-state index contributed by atoms with van der Waals surface area (Å²) in [6, 6.07) is 0. The van der Waals surface area contributed by atoms with Crippen molar-refractivity contribution in [1.82, 2.24) is 0 Å². The van der Waals surface area contributed by atoms with Gasteiger partial charge >= 0.3 is 0 Å². The quantitative estimate of drug-likeness (QED) is 0.736. The Kier molecular flexibility index (Phi) is 2.30. The Balaban J connectivity index is 2.07. The summed E-state index contributed by atoms with van der Waals surface area (Å²) in [6.07, 6.45) is 2.69. The van der Waals surface area contributed by atoms with Crippen LogP contribution in [0.2, 0.25) is 0 Å². The van der Waals surface area contributed by atoms with E-state index in [9.17, 15) is 10.2 Å². The predicted molar refractivity (Wildman–Crippen MR) is 67.4 cm³/mol. The first-order valence-corrected chi connectivity index (χ1v) is 7.19. The van der Waals surface area contributed by atoms with Crippen molar-refractivity contribution in [3.05, 3.63) is 0 Å². The molecule has 3 aliphatic carbocycles. The van der Waals surface area contributed by atoms with Crippen molar-refractivity contribution >= 4 is 0 Å². The molecule has 4 bridgehead atoms. The molecule has 0 amide bonds. The van der Waals surface area contributed by atoms with E-state index in [2.05, 4.69) is 27.7 Å². The van der Waals surface area contributed by atoms with Crippen LogP contribution < -0.4 is 0 Å². The van der Waals surface area contributed by atoms with Crippen LogP contribution in [0.1, 0.15) is 47.0 Å². The lowest BCUT2D eigenvalue weighted by Crippen LogP contribution is -2.48. The SMILES string of the molecule is CC(C)[C@H]1CCC2(C)[C@@H]3C[C@H](O)C(C)([C@H]13)[C@@H]2O. The van der Waals surface area contributed by atoms with Gasteiger partial charge in [-0.05, 0) is 48.3 Å². The topological polar surface area (TPSA) is 40.5 Å². The van der Waals surface area contributed by atoms with Gasteiger partial charge in [-0.1, -0.05) is 27.7 Å². The summed E-state index contributed by atoms with van der Waals surface area (Å²) in [5, 5.41) is 21.1. The van der Waals surface area contributed by atoms with E-state index >= 15 is 0 Å². The van der Waals surface area contributed by atoms with Crippen LogP contribution in [0.25, 0.3) is 0 Å². The fraction of sp³-hybridized carbons (Fsp3) is 1.00. The highest BCUT2D eigenvalue weighted by atomic mass is 16.3. The Bertz CT molecular complexity index is 340. The Morgan fingerprint density at radius 3 is 2.41 bits per heavy atom. The summed E-state index contributed by atoms with van der Waals surface area (Å²) < 4.78 is 0. The molecule has 3 saturated carbocycles. The molecule has 98 valence electrons. The Morgan fingerprint density at radius 2 is 1.82 bits per heavy atom. The second kappa shape index (κ2) is 3.27. The first-order chi connectivity index (χ1) is 7.83. The third-order valence-corrected chi connectivity index (χ3v) is 6.74. The second-order valence-electron chi connectivity index (χ2n) is 7.60. The first-order valence-electron chi connectivity index (χ1n) is 7.19. The van der Waals surface area contributed by atoms with Crippen LogP contribution in [-0.2, 0) is 0 Å². The number of aliphatic hydroxyl groups excluding tert-OH is 2. The molecule has 0 aromatic carbocycles. The minimum atomic E-state index is -0.308. The van der Waals surface area contributed by atoms with E-state index in [4.69, 9.17) is 0 Å². The molecule has 0 aromatic heterocycles. The van der Waals surface area contributed by atoms with Crippen molar-refractivity contribution in [3.8, 4) is 0 Å². The number of hydrogen-bond acceptors (Lipinski definition) is 2. The highest BCUT2D eigenvalue weighted by Crippen LogP contribution is 2.72. The molecule has 3 fully saturated rings. The van der Waals surface area contributed by atoms with E-state index in [1.54, 1.807) is 0 Å². The van der Waals surface area contributed by atoms with E-state index in [0.29, 0.717) is 23.7 Å². The number of rotatable bonds is 1. The Labute approximate surface area is 104 Å². The van der Waals surface area contributed by atoms with E-state index in [1.807, 2.05) is 0 Å². The summed E-state index contributed by atoms with van der Waals surface area (Å²) in [7, 11) is 0. The van der Waals surface area contributed by atoms with Crippen LogP contribution >= 0.6 is 0 Å². The van der Waals surface area contributed by atoms with Gasteiger partial charge in [0.05, 0.1) is 12.2 Å². The zero-order valence-corrected chi connectivity index (χ0v) is 11.5. The van der Waals surface area contributed by atoms with Gasteiger partial charge in [0.2, 0.25) is 0 Å². The van der Waals surface area contributed by atoms with Crippen LogP contribution in [0, 0.1) is 34.5 Å². The summed E-state index contributed by atoms with van der Waals surface area (Å²) in [5.41, 5.74) is -0.172. The maximum absolute atomic E-state index is 10.7. The van der Waals surface area contributed by atoms with Crippen molar-refractivity contribution < 1.29 is 10.2 Å². The highest BCUT2D eigenvalue weighted by molar-refractivity contribution is 5.21. The Hall–Kier alpha value is -0.0800. The van der Waals surface area contributed by atoms with Gasteiger partial charge < -0.3 is 10.2 Å². The molecule has 3 rings (SSSR count). The van der Waals surface area contributed by atoms with Crippen LogP contribution in [0.3, 0.4) is 0 Å². The average molecular weight is 238 g/mol. The lowest BCUT2D eigenvalue weighted by molar-refractivity contribution is -0.106. The molecule has 2 unspecified atom stereocenters. The maximum Gasteiger partial charge on any atom is 0.0677 e. The van der Waals surface area contributed by atoms with Gasteiger partial charge in [-0.25, -0.2) is 0 Å². The minimum absolute atomic E-state index is 0.0734. The predicted octanol–water partition coefficient (Wildman–Crippen LogP) is 2.44. The summed E-state index contributed by atoms with van der Waals surface area (Å²) in [4.78, 5) is 0. The van der Waals surface area contributed by atoms with Crippen LogP contribution in [0.5, 0.6) is 0 Å². The molecular weight excluding hydrogens is 212 g/mol. The van der Waals surface area contributed by atoms with Crippen molar-refractivity contribution in [2.45, 2.75) is 59.2 Å². The summed E-state index contributed by atoms with van der Waals surface area (Å²) in [5.74, 6) is 2.43. The third kappa shape index (κ3) is 1.14. The molecule has 3 aliphatic rings. The number of aliphatic hydroxyl groups is 2. The fourth-order valence-electron chi connectivity index (χ4n) is 5.74. The normalized spacial score (nSPS) is 61.2. The van der Waals surface area contributed by atoms with Crippen molar-refractivity contribution in [2.24, 2.45) is 34.5 Å². The van der Waals surface area contributed by atoms with Gasteiger partial charge in [0, 0.05) is 5.41 Å². The first kappa shape index (κ1) is 12.0. The van der Waals surface area contributed by atoms with Crippen LogP contribution in [-0.4, -0.2) is 22.4 Å². The lowest BCUT2D eigenvalue weighted by atomic mass is 9.62. The summed E-state index contributed by atoms with van der Waals surface area (Å²) >= 11 is 0. The van der Waals surface area contributed by atoms with Gasteiger partial charge in [-0.3, -0.25) is 0 Å². The van der Waals surface area contributed by atoms with Gasteiger partial charge in [0.25, 0.3) is 0 Å². The van der Waals surface area contributed by atoms with Gasteiger partial charge in [0.1, 0.15) is 0 Å². The molecule has 2 N–H and O–H groups in total. The summed E-state index contributed by atoms with van der Waals surface area (Å²) in [6.45, 7) is 8.99. The smallest absolute Gasteiger partial charge is 0.0677 e. The molecule has 0 spiro atoms. The molecule has 2 nitrogen and oxygen atoms in total. The molecule has 17 heavy (non-hydrogen) atoms. The lowest BCUT2D eigenvalue weighted by Gasteiger charge is -2.44. The molecular formula is C15H26O2. The monoisotopic (exact) mass is 238 g/mol. The molecule has 0 saturated heterocycles. The average Bonchev–Trinajstić information content (AvgIpc) is 2.57. The minimum Gasteiger partial charge on any atom is -0.392 e. The van der Waals surface area contributed by atoms with Crippen LogP contribution in [0.4, 0.5) is 0 Å². The van der Waals surface area contributed by atoms with E-state index < -0.39 is 0 Å². The van der Waals surface area contributed by atoms with Gasteiger partial charge in [-0.2, -0.15) is 0 Å². The molecule has 0 aliphatic heterocycles. The Morgan fingerprint density at radius 1 is 1.18 bits per heavy atom. The standard InChI is InChI=1S/C15H26O2/c1-8(2)9-5-6-14(3)10-7-11(16)15(4,12(9)10)13(14)17/h8-13,16-17H,5-7H2,1-4H3/t9-,10-,11+,12-,13-,14?,15?/m1/s1. The molecule has 2 heteroatoms. The van der Waals surface area contributed by atoms with Gasteiger partial charge in [-0.15, -0.1) is 0 Å². The third-order valence-electron chi connectivity index (χ3n) is 6.74. The maximum atomic E-state index is 10.7. The molecule has 0 aromatic rings. The van der Waals surface area contributed by atoms with E-state index in [1.165, 1.54) is 6.42 Å². The largest absolute Gasteiger partial charge is 0.392 e.